The van der Waals surface area contributed by atoms with Crippen LogP contribution in [0.4, 0.5) is 5.82 Å². The Labute approximate surface area is 132 Å². The zero-order valence-electron chi connectivity index (χ0n) is 12.3. The smallest absolute Gasteiger partial charge is 0.397 e. The molecule has 0 bridgehead atoms. The monoisotopic (exact) mass is 327 g/mol. The molecule has 1 aromatic rings. The Morgan fingerprint density at radius 2 is 1.91 bits per heavy atom. The van der Waals surface area contributed by atoms with Gasteiger partial charge in [-0.1, -0.05) is 0 Å². The summed E-state index contributed by atoms with van der Waals surface area (Å²) in [5.74, 6) is -1.48. The van der Waals surface area contributed by atoms with E-state index in [9.17, 15) is 14.4 Å². The van der Waals surface area contributed by atoms with Crippen molar-refractivity contribution in [3.63, 3.8) is 0 Å². The van der Waals surface area contributed by atoms with Gasteiger partial charge < -0.3 is 14.8 Å². The molecule has 22 heavy (non-hydrogen) atoms. The van der Waals surface area contributed by atoms with E-state index in [4.69, 9.17) is 4.74 Å². The normalized spacial score (nSPS) is 9.91. The zero-order valence-corrected chi connectivity index (χ0v) is 13.1. The number of amides is 1. The van der Waals surface area contributed by atoms with Crippen molar-refractivity contribution >= 4 is 35.4 Å². The molecule has 1 rings (SSSR count). The number of ether oxygens (including phenoxy) is 2. The van der Waals surface area contributed by atoms with E-state index >= 15 is 0 Å². The van der Waals surface area contributed by atoms with Crippen LogP contribution in [0.3, 0.4) is 0 Å². The van der Waals surface area contributed by atoms with Crippen LogP contribution in [-0.2, 0) is 23.9 Å². The summed E-state index contributed by atoms with van der Waals surface area (Å²) in [7, 11) is 0. The van der Waals surface area contributed by atoms with Crippen LogP contribution in [0.2, 0.25) is 0 Å². The predicted octanol–water partition coefficient (Wildman–Crippen LogP) is 1.02. The fourth-order valence-corrected chi connectivity index (χ4v) is 2.12. The number of rotatable bonds is 7. The first-order valence-corrected chi connectivity index (χ1v) is 7.64. The van der Waals surface area contributed by atoms with Gasteiger partial charge in [-0.25, -0.2) is 14.8 Å². The first-order valence-electron chi connectivity index (χ1n) is 6.65. The highest BCUT2D eigenvalue weighted by molar-refractivity contribution is 7.99. The number of carbonyl (C=O) groups excluding carboxylic acids is 3. The quantitative estimate of drug-likeness (QED) is 0.342. The average molecular weight is 327 g/mol. The molecule has 0 saturated carbocycles. The van der Waals surface area contributed by atoms with Gasteiger partial charge in [0.2, 0.25) is 0 Å². The number of aromatic nitrogens is 2. The highest BCUT2D eigenvalue weighted by atomic mass is 32.2. The van der Waals surface area contributed by atoms with Gasteiger partial charge in [0.05, 0.1) is 19.6 Å². The van der Waals surface area contributed by atoms with Gasteiger partial charge in [0, 0.05) is 11.8 Å². The maximum atomic E-state index is 11.5. The highest BCUT2D eigenvalue weighted by Crippen LogP contribution is 2.18. The fraction of sp³-hybridized carbons (Fsp3) is 0.462. The van der Waals surface area contributed by atoms with Crippen molar-refractivity contribution in [3.8, 4) is 0 Å². The van der Waals surface area contributed by atoms with Gasteiger partial charge in [0.25, 0.3) is 0 Å². The number of esters is 2. The number of hydrogen-bond donors (Lipinski definition) is 1. The molecule has 120 valence electrons. The number of anilines is 1. The molecule has 1 amide bonds. The lowest BCUT2D eigenvalue weighted by molar-refractivity contribution is -0.152. The Morgan fingerprint density at radius 1 is 1.18 bits per heavy atom. The van der Waals surface area contributed by atoms with Gasteiger partial charge in [-0.15, -0.1) is 11.8 Å². The molecular weight excluding hydrogens is 310 g/mol. The second-order valence-electron chi connectivity index (χ2n) is 3.82. The lowest BCUT2D eigenvalue weighted by Gasteiger charge is -2.05. The molecule has 0 unspecified atom stereocenters. The molecule has 0 fully saturated rings. The standard InChI is InChI=1S/C13H17N3O5S/c1-3-20-11(17)5-6-22-10-7-9(14-8-15-10)16-12(18)13(19)21-4-2/h7-8H,3-6H2,1-2H3,(H,14,15,16,18). The average Bonchev–Trinajstić information content (AvgIpc) is 2.48. The Bertz CT molecular complexity index is 538. The van der Waals surface area contributed by atoms with Gasteiger partial charge in [-0.05, 0) is 13.8 Å². The number of nitrogens with one attached hydrogen (secondary N) is 1. The largest absolute Gasteiger partial charge is 0.466 e. The minimum absolute atomic E-state index is 0.116. The molecule has 8 nitrogen and oxygen atoms in total. The van der Waals surface area contributed by atoms with Crippen LogP contribution < -0.4 is 5.32 Å². The summed E-state index contributed by atoms with van der Waals surface area (Å²) < 4.78 is 9.38. The van der Waals surface area contributed by atoms with Crippen LogP contribution in [0.25, 0.3) is 0 Å². The third kappa shape index (κ3) is 6.53. The van der Waals surface area contributed by atoms with E-state index in [1.54, 1.807) is 13.8 Å². The van der Waals surface area contributed by atoms with E-state index in [1.165, 1.54) is 24.2 Å². The van der Waals surface area contributed by atoms with Gasteiger partial charge in [-0.3, -0.25) is 9.59 Å². The molecule has 1 aromatic heterocycles. The van der Waals surface area contributed by atoms with Crippen molar-refractivity contribution in [2.75, 3.05) is 24.3 Å². The summed E-state index contributed by atoms with van der Waals surface area (Å²) in [6.07, 6.45) is 1.51. The Morgan fingerprint density at radius 3 is 2.59 bits per heavy atom. The molecule has 0 atom stereocenters. The van der Waals surface area contributed by atoms with Crippen molar-refractivity contribution in [1.82, 2.24) is 9.97 Å². The van der Waals surface area contributed by atoms with Crippen molar-refractivity contribution in [2.45, 2.75) is 25.3 Å². The maximum absolute atomic E-state index is 11.5. The first kappa shape index (κ1) is 17.9. The van der Waals surface area contributed by atoms with E-state index in [0.717, 1.165) is 0 Å². The summed E-state index contributed by atoms with van der Waals surface area (Å²) in [5, 5.41) is 2.88. The van der Waals surface area contributed by atoms with Crippen LogP contribution in [0, 0.1) is 0 Å². The summed E-state index contributed by atoms with van der Waals surface area (Å²) in [6, 6.07) is 1.51. The molecule has 0 aromatic carbocycles. The highest BCUT2D eigenvalue weighted by Gasteiger charge is 2.15. The topological polar surface area (TPSA) is 107 Å². The molecule has 0 aliphatic carbocycles. The van der Waals surface area contributed by atoms with E-state index < -0.39 is 11.9 Å². The van der Waals surface area contributed by atoms with Crippen LogP contribution in [0.15, 0.2) is 17.4 Å². The van der Waals surface area contributed by atoms with Crippen LogP contribution in [0.5, 0.6) is 0 Å². The number of thioether (sulfide) groups is 1. The molecule has 9 heteroatoms. The fourth-order valence-electron chi connectivity index (χ4n) is 1.32. The van der Waals surface area contributed by atoms with Gasteiger partial charge in [0.15, 0.2) is 0 Å². The van der Waals surface area contributed by atoms with Crippen molar-refractivity contribution in [3.05, 3.63) is 12.4 Å². The maximum Gasteiger partial charge on any atom is 0.397 e. The molecule has 0 aliphatic heterocycles. The summed E-state index contributed by atoms with van der Waals surface area (Å²) in [4.78, 5) is 41.7. The van der Waals surface area contributed by atoms with Crippen LogP contribution in [-0.4, -0.2) is 46.8 Å². The van der Waals surface area contributed by atoms with Crippen molar-refractivity contribution in [1.29, 1.82) is 0 Å². The lowest BCUT2D eigenvalue weighted by atomic mass is 10.5. The Hall–Kier alpha value is -2.16. The van der Waals surface area contributed by atoms with E-state index in [0.29, 0.717) is 17.4 Å². The Balaban J connectivity index is 2.50. The second kappa shape index (κ2) is 9.72. The minimum atomic E-state index is -0.974. The van der Waals surface area contributed by atoms with Gasteiger partial charge in [-0.2, -0.15) is 0 Å². The lowest BCUT2D eigenvalue weighted by Crippen LogP contribution is -2.25. The SMILES string of the molecule is CCOC(=O)CCSc1cc(NC(=O)C(=O)OCC)ncn1. The summed E-state index contributed by atoms with van der Waals surface area (Å²) in [5.41, 5.74) is 0. The third-order valence-electron chi connectivity index (χ3n) is 2.21. The molecule has 1 N–H and O–H groups in total. The molecule has 1 heterocycles. The first-order chi connectivity index (χ1) is 10.6. The molecule has 0 radical (unpaired) electrons. The third-order valence-corrected chi connectivity index (χ3v) is 3.13. The van der Waals surface area contributed by atoms with E-state index in [1.807, 2.05) is 0 Å². The van der Waals surface area contributed by atoms with Gasteiger partial charge in [0.1, 0.15) is 17.2 Å². The molecule has 0 aliphatic rings. The second-order valence-corrected chi connectivity index (χ2v) is 4.93. The number of carbonyl (C=O) groups is 3. The molecular formula is C13H17N3O5S. The molecule has 0 spiro atoms. The number of nitrogens with zero attached hydrogens (tertiary/aromatic N) is 2. The summed E-state index contributed by atoms with van der Waals surface area (Å²) >= 11 is 1.32. The van der Waals surface area contributed by atoms with Crippen LogP contribution >= 0.6 is 11.8 Å². The summed E-state index contributed by atoms with van der Waals surface area (Å²) in [6.45, 7) is 3.81. The zero-order chi connectivity index (χ0) is 16.4. The minimum Gasteiger partial charge on any atom is -0.466 e. The van der Waals surface area contributed by atoms with Crippen molar-refractivity contribution in [2.24, 2.45) is 0 Å². The molecule has 0 saturated heterocycles. The van der Waals surface area contributed by atoms with E-state index in [2.05, 4.69) is 20.0 Å². The van der Waals surface area contributed by atoms with Crippen molar-refractivity contribution < 1.29 is 23.9 Å². The van der Waals surface area contributed by atoms with Crippen LogP contribution in [0.1, 0.15) is 20.3 Å². The Kier molecular flexibility index (Phi) is 7.90. The number of hydrogen-bond acceptors (Lipinski definition) is 8. The van der Waals surface area contributed by atoms with Gasteiger partial charge >= 0.3 is 17.8 Å². The van der Waals surface area contributed by atoms with E-state index in [-0.39, 0.29) is 24.8 Å². The predicted molar refractivity (Wildman–Crippen MR) is 79.3 cm³/mol.